The lowest BCUT2D eigenvalue weighted by molar-refractivity contribution is -0.617. The summed E-state index contributed by atoms with van der Waals surface area (Å²) in [5, 5.41) is 3.87. The summed E-state index contributed by atoms with van der Waals surface area (Å²) in [6.07, 6.45) is 0. The van der Waals surface area contributed by atoms with Gasteiger partial charge in [0.2, 0.25) is 0 Å². The minimum absolute atomic E-state index is 0.00758. The molecule has 0 aliphatic carbocycles. The molecule has 10 aromatic rings. The molecule has 0 fully saturated rings. The van der Waals surface area contributed by atoms with E-state index in [1.165, 1.54) is 147 Å². The Morgan fingerprint density at radius 2 is 0.959 bits per heavy atom. The standard InChI is InChI=1S/C67H64BN4S2/c1-37-18-17-20-45-44-19-15-16-21-48(44)72-52-28-38(22-25-49(52)69(14)63(72)59(37)45)39-29-53-60-54(30-39)71-51-27-24-41(65(5,6)7)34-56(51)74-58-36-43(67(11,12)13)32-47(62(58)71)68(60)46-31-42(66(8,9)10)35-57-61(46)70(53)50-26-23-40(64(2,3)4)33-55(50)73-57/h15-36H,1-14H3/q+1. The summed E-state index contributed by atoms with van der Waals surface area (Å²) in [5.74, 6) is 0. The number of rotatable bonds is 1. The molecule has 0 saturated heterocycles. The number of anilines is 6. The highest BCUT2D eigenvalue weighted by molar-refractivity contribution is 8.00. The normalized spacial score (nSPS) is 14.7. The number of benzene rings is 8. The van der Waals surface area contributed by atoms with Gasteiger partial charge >= 0.3 is 0 Å². The number of para-hydroxylation sites is 1. The van der Waals surface area contributed by atoms with Crippen molar-refractivity contribution in [1.29, 1.82) is 0 Å². The molecule has 2 aromatic heterocycles. The lowest BCUT2D eigenvalue weighted by Crippen LogP contribution is -2.62. The van der Waals surface area contributed by atoms with Crippen molar-refractivity contribution in [2.45, 2.75) is 131 Å². The van der Waals surface area contributed by atoms with Crippen LogP contribution in [-0.4, -0.2) is 11.1 Å². The van der Waals surface area contributed by atoms with Gasteiger partial charge in [0.05, 0.1) is 35.2 Å². The molecule has 4 aliphatic heterocycles. The first-order chi connectivity index (χ1) is 35.0. The zero-order valence-electron chi connectivity index (χ0n) is 45.4. The number of aromatic nitrogens is 2. The lowest BCUT2D eigenvalue weighted by atomic mass is 9.33. The van der Waals surface area contributed by atoms with Crippen LogP contribution >= 0.6 is 23.5 Å². The second-order valence-corrected chi connectivity index (χ2v) is 28.0. The molecule has 74 heavy (non-hydrogen) atoms. The van der Waals surface area contributed by atoms with E-state index in [1.807, 2.05) is 23.5 Å². The van der Waals surface area contributed by atoms with Gasteiger partial charge in [-0.05, 0) is 157 Å². The monoisotopic (exact) mass is 999 g/mol. The summed E-state index contributed by atoms with van der Waals surface area (Å²) in [6.45, 7) is 30.6. The first-order valence-electron chi connectivity index (χ1n) is 26.6. The van der Waals surface area contributed by atoms with Crippen molar-refractivity contribution in [3.8, 4) is 11.1 Å². The van der Waals surface area contributed by atoms with E-state index in [2.05, 4.69) is 249 Å². The summed E-state index contributed by atoms with van der Waals surface area (Å²) in [6, 6.07) is 52.9. The second kappa shape index (κ2) is 15.1. The highest BCUT2D eigenvalue weighted by Gasteiger charge is 2.49. The largest absolute Gasteiger partial charge is 0.309 e. The third-order valence-corrected chi connectivity index (χ3v) is 19.0. The summed E-state index contributed by atoms with van der Waals surface area (Å²) >= 11 is 3.94. The Balaban J connectivity index is 1.12. The van der Waals surface area contributed by atoms with E-state index in [0.29, 0.717) is 0 Å². The predicted molar refractivity (Wildman–Crippen MR) is 318 cm³/mol. The van der Waals surface area contributed by atoms with E-state index in [0.717, 1.165) is 0 Å². The molecule has 8 aromatic carbocycles. The van der Waals surface area contributed by atoms with Gasteiger partial charge in [-0.25, -0.2) is 4.57 Å². The fourth-order valence-corrected chi connectivity index (χ4v) is 15.1. The predicted octanol–water partition coefficient (Wildman–Crippen LogP) is 16.4. The quantitative estimate of drug-likeness (QED) is 0.0924. The fraction of sp³-hybridized carbons (Fsp3) is 0.269. The van der Waals surface area contributed by atoms with Crippen LogP contribution in [0.15, 0.2) is 153 Å². The van der Waals surface area contributed by atoms with Gasteiger partial charge in [0, 0.05) is 41.7 Å². The van der Waals surface area contributed by atoms with Crippen LogP contribution in [0.1, 0.15) is 111 Å². The zero-order valence-corrected chi connectivity index (χ0v) is 47.0. The average molecular weight is 1000 g/mol. The summed E-state index contributed by atoms with van der Waals surface area (Å²) < 4.78 is 4.95. The summed E-state index contributed by atoms with van der Waals surface area (Å²) in [7, 11) is 2.25. The van der Waals surface area contributed by atoms with Gasteiger partial charge in [-0.3, -0.25) is 0 Å². The molecule has 4 nitrogen and oxygen atoms in total. The van der Waals surface area contributed by atoms with Gasteiger partial charge in [-0.1, -0.05) is 167 Å². The zero-order chi connectivity index (χ0) is 51.4. The van der Waals surface area contributed by atoms with Gasteiger partial charge < -0.3 is 9.80 Å². The molecule has 7 heteroatoms. The molecule has 0 atom stereocenters. The molecule has 0 saturated carbocycles. The van der Waals surface area contributed by atoms with Gasteiger partial charge in [-0.15, -0.1) is 0 Å². The molecule has 4 aliphatic rings. The van der Waals surface area contributed by atoms with Gasteiger partial charge in [-0.2, -0.15) is 4.40 Å². The molecular weight excluding hydrogens is 936 g/mol. The molecular formula is C67H64BN4S2+. The summed E-state index contributed by atoms with van der Waals surface area (Å²) in [5.41, 5.74) is 25.8. The maximum Gasteiger partial charge on any atom is 0.295 e. The number of fused-ring (bicyclic) bond motifs is 16. The van der Waals surface area contributed by atoms with E-state index < -0.39 is 0 Å². The van der Waals surface area contributed by atoms with Crippen LogP contribution in [-0.2, 0) is 28.7 Å². The van der Waals surface area contributed by atoms with Crippen molar-refractivity contribution in [2.24, 2.45) is 7.05 Å². The summed E-state index contributed by atoms with van der Waals surface area (Å²) in [4.78, 5) is 10.7. The van der Waals surface area contributed by atoms with Crippen molar-refractivity contribution in [1.82, 2.24) is 4.40 Å². The van der Waals surface area contributed by atoms with Crippen LogP contribution in [0.4, 0.5) is 34.1 Å². The molecule has 0 amide bonds. The van der Waals surface area contributed by atoms with E-state index >= 15 is 0 Å². The average Bonchev–Trinajstić information content (AvgIpc) is 3.76. The number of imidazole rings is 1. The lowest BCUT2D eigenvalue weighted by Gasteiger charge is -2.48. The van der Waals surface area contributed by atoms with Crippen LogP contribution in [0.5, 0.6) is 0 Å². The first-order valence-corrected chi connectivity index (χ1v) is 28.2. The molecule has 0 N–H and O–H groups in total. The molecule has 0 unspecified atom stereocenters. The van der Waals surface area contributed by atoms with Gasteiger partial charge in [0.15, 0.2) is 11.0 Å². The fourth-order valence-electron chi connectivity index (χ4n) is 12.8. The van der Waals surface area contributed by atoms with E-state index in [9.17, 15) is 0 Å². The third-order valence-electron chi connectivity index (χ3n) is 16.9. The van der Waals surface area contributed by atoms with Crippen LogP contribution in [0.3, 0.4) is 0 Å². The Labute approximate surface area is 445 Å². The Kier molecular flexibility index (Phi) is 9.44. The minimum atomic E-state index is -0.0566. The number of hydrogen-bond acceptors (Lipinski definition) is 4. The Morgan fingerprint density at radius 3 is 1.50 bits per heavy atom. The smallest absolute Gasteiger partial charge is 0.295 e. The van der Waals surface area contributed by atoms with Crippen molar-refractivity contribution in [3.05, 3.63) is 161 Å². The van der Waals surface area contributed by atoms with Crippen molar-refractivity contribution in [2.75, 3.05) is 9.80 Å². The highest BCUT2D eigenvalue weighted by atomic mass is 32.2. The molecule has 0 bridgehead atoms. The molecule has 366 valence electrons. The van der Waals surface area contributed by atoms with Crippen molar-refractivity contribution >= 4 is 119 Å². The van der Waals surface area contributed by atoms with Crippen molar-refractivity contribution < 1.29 is 4.57 Å². The maximum atomic E-state index is 2.68. The van der Waals surface area contributed by atoms with E-state index in [4.69, 9.17) is 0 Å². The third kappa shape index (κ3) is 6.48. The van der Waals surface area contributed by atoms with Crippen LogP contribution in [0, 0.1) is 6.92 Å². The Hall–Kier alpha value is -6.41. The maximum absolute atomic E-state index is 2.68. The van der Waals surface area contributed by atoms with Crippen LogP contribution in [0.25, 0.3) is 49.5 Å². The second-order valence-electron chi connectivity index (χ2n) is 25.9. The molecule has 6 heterocycles. The van der Waals surface area contributed by atoms with Crippen LogP contribution in [0.2, 0.25) is 0 Å². The number of nitrogens with zero attached hydrogens (tertiary/aromatic N) is 4. The highest BCUT2D eigenvalue weighted by Crippen LogP contribution is 2.59. The van der Waals surface area contributed by atoms with Gasteiger partial charge in [0.25, 0.3) is 12.4 Å². The number of hydrogen-bond donors (Lipinski definition) is 0. The Bertz CT molecular complexity index is 4010. The number of pyridine rings is 1. The Morgan fingerprint density at radius 1 is 0.446 bits per heavy atom. The van der Waals surface area contributed by atoms with E-state index in [1.54, 1.807) is 0 Å². The van der Waals surface area contributed by atoms with Gasteiger partial charge in [0.1, 0.15) is 5.52 Å². The molecule has 14 rings (SSSR count). The van der Waals surface area contributed by atoms with Crippen molar-refractivity contribution in [3.63, 3.8) is 0 Å². The topological polar surface area (TPSA) is 14.8 Å². The molecule has 0 radical (unpaired) electrons. The molecule has 0 spiro atoms. The van der Waals surface area contributed by atoms with E-state index in [-0.39, 0.29) is 28.4 Å². The number of aryl methyl sites for hydroxylation is 2. The SMILES string of the molecule is Cc1cccc2c3ccccc3n3c4cc(-c5cc6c7c(c5)N5c8ccc(C(C)(C)C)cc8Sc8cc(C(C)(C)C)cc(c85)B7c5cc(C(C)(C)C)cc7c5N6c5ccc(C(C)(C)C)cc5S7)ccc4[n+](C)c3c12. The minimum Gasteiger partial charge on any atom is -0.309 e. The first kappa shape index (κ1) is 46.2. The van der Waals surface area contributed by atoms with Crippen LogP contribution < -0.4 is 30.8 Å².